The van der Waals surface area contributed by atoms with Crippen LogP contribution in [0.15, 0.2) is 0 Å². The molecule has 0 radical (unpaired) electrons. The van der Waals surface area contributed by atoms with Gasteiger partial charge in [0.1, 0.15) is 0 Å². The van der Waals surface area contributed by atoms with E-state index in [1.54, 1.807) is 0 Å². The molecule has 0 aliphatic rings. The monoisotopic (exact) mass is 342 g/mol. The van der Waals surface area contributed by atoms with E-state index in [1.807, 2.05) is 13.8 Å². The van der Waals surface area contributed by atoms with Gasteiger partial charge >= 0.3 is 11.9 Å². The molecule has 0 aromatic rings. The minimum atomic E-state index is -0.151. The molecule has 0 atom stereocenters. The van der Waals surface area contributed by atoms with E-state index in [-0.39, 0.29) is 18.0 Å². The van der Waals surface area contributed by atoms with Crippen LogP contribution in [0, 0.1) is 0 Å². The SMILES string of the molecule is CCCCCCCCCCOC(=O)CCCCCC(=O)OC(C)C. The molecule has 0 amide bonds. The van der Waals surface area contributed by atoms with Crippen LogP contribution in [-0.4, -0.2) is 24.6 Å². The Morgan fingerprint density at radius 2 is 1.21 bits per heavy atom. The molecule has 4 nitrogen and oxygen atoms in total. The van der Waals surface area contributed by atoms with Crippen molar-refractivity contribution in [2.75, 3.05) is 6.61 Å². The lowest BCUT2D eigenvalue weighted by atomic mass is 10.1. The Morgan fingerprint density at radius 1 is 0.708 bits per heavy atom. The van der Waals surface area contributed by atoms with E-state index in [2.05, 4.69) is 6.92 Å². The molecule has 4 heteroatoms. The molecule has 0 heterocycles. The summed E-state index contributed by atoms with van der Waals surface area (Å²) in [4.78, 5) is 22.9. The van der Waals surface area contributed by atoms with Crippen LogP contribution in [-0.2, 0) is 19.1 Å². The van der Waals surface area contributed by atoms with E-state index in [0.717, 1.165) is 32.1 Å². The molecule has 0 fully saturated rings. The van der Waals surface area contributed by atoms with Gasteiger partial charge in [0.05, 0.1) is 12.7 Å². The van der Waals surface area contributed by atoms with Crippen molar-refractivity contribution in [1.82, 2.24) is 0 Å². The van der Waals surface area contributed by atoms with Crippen molar-refractivity contribution in [2.24, 2.45) is 0 Å². The van der Waals surface area contributed by atoms with Gasteiger partial charge in [0.25, 0.3) is 0 Å². The third-order valence-corrected chi connectivity index (χ3v) is 3.89. The van der Waals surface area contributed by atoms with Crippen LogP contribution in [0.25, 0.3) is 0 Å². The third kappa shape index (κ3) is 17.3. The van der Waals surface area contributed by atoms with Crippen LogP contribution in [0.3, 0.4) is 0 Å². The minimum Gasteiger partial charge on any atom is -0.466 e. The molecule has 0 saturated carbocycles. The summed E-state index contributed by atoms with van der Waals surface area (Å²) >= 11 is 0. The number of ether oxygens (including phenoxy) is 2. The maximum absolute atomic E-state index is 11.6. The standard InChI is InChI=1S/C20H38O4/c1-4-5-6-7-8-9-10-14-17-23-19(21)15-12-11-13-16-20(22)24-18(2)3/h18H,4-17H2,1-3H3. The molecular formula is C20H38O4. The van der Waals surface area contributed by atoms with Crippen LogP contribution in [0.1, 0.15) is 104 Å². The fourth-order valence-corrected chi connectivity index (χ4v) is 2.53. The maximum atomic E-state index is 11.6. The van der Waals surface area contributed by atoms with Crippen molar-refractivity contribution < 1.29 is 19.1 Å². The van der Waals surface area contributed by atoms with Crippen molar-refractivity contribution >= 4 is 11.9 Å². The first-order valence-corrected chi connectivity index (χ1v) is 9.91. The summed E-state index contributed by atoms with van der Waals surface area (Å²) in [6.45, 7) is 6.48. The molecule has 142 valence electrons. The molecule has 0 saturated heterocycles. The Balaban J connectivity index is 3.28. The average molecular weight is 343 g/mol. The molecule has 0 unspecified atom stereocenters. The Kier molecular flexibility index (Phi) is 16.0. The van der Waals surface area contributed by atoms with Gasteiger partial charge in [-0.25, -0.2) is 0 Å². The number of hydrogen-bond donors (Lipinski definition) is 0. The zero-order valence-electron chi connectivity index (χ0n) is 16.1. The summed E-state index contributed by atoms with van der Waals surface area (Å²) in [5.74, 6) is -0.259. The van der Waals surface area contributed by atoms with Gasteiger partial charge in [0, 0.05) is 12.8 Å². The fraction of sp³-hybridized carbons (Fsp3) is 0.900. The summed E-state index contributed by atoms with van der Waals surface area (Å²) in [6.07, 6.45) is 13.2. The normalized spacial score (nSPS) is 10.8. The molecule has 0 aromatic heterocycles. The largest absolute Gasteiger partial charge is 0.466 e. The number of rotatable bonds is 16. The first-order chi connectivity index (χ1) is 11.6. The van der Waals surface area contributed by atoms with E-state index in [1.165, 1.54) is 38.5 Å². The van der Waals surface area contributed by atoms with Crippen molar-refractivity contribution in [3.05, 3.63) is 0 Å². The fourth-order valence-electron chi connectivity index (χ4n) is 2.53. The summed E-state index contributed by atoms with van der Waals surface area (Å²) in [5.41, 5.74) is 0. The minimum absolute atomic E-state index is 0.0520. The molecule has 0 aliphatic carbocycles. The Morgan fingerprint density at radius 3 is 1.79 bits per heavy atom. The Hall–Kier alpha value is -1.06. The second-order valence-corrected chi connectivity index (χ2v) is 6.79. The number of carbonyl (C=O) groups excluding carboxylic acids is 2. The highest BCUT2D eigenvalue weighted by atomic mass is 16.5. The highest BCUT2D eigenvalue weighted by molar-refractivity contribution is 5.70. The molecule has 0 rings (SSSR count). The predicted octanol–water partition coefficient (Wildman–Crippen LogP) is 5.57. The average Bonchev–Trinajstić information content (AvgIpc) is 2.52. The summed E-state index contributed by atoms with van der Waals surface area (Å²) in [7, 11) is 0. The van der Waals surface area contributed by atoms with Gasteiger partial charge in [0.2, 0.25) is 0 Å². The van der Waals surface area contributed by atoms with Crippen LogP contribution in [0.2, 0.25) is 0 Å². The molecule has 24 heavy (non-hydrogen) atoms. The van der Waals surface area contributed by atoms with Crippen molar-refractivity contribution in [3.8, 4) is 0 Å². The molecule has 0 aromatic carbocycles. The second-order valence-electron chi connectivity index (χ2n) is 6.79. The lowest BCUT2D eigenvalue weighted by Crippen LogP contribution is -2.11. The summed E-state index contributed by atoms with van der Waals surface area (Å²) < 4.78 is 10.3. The molecule has 0 bridgehead atoms. The topological polar surface area (TPSA) is 52.6 Å². The van der Waals surface area contributed by atoms with E-state index in [9.17, 15) is 9.59 Å². The van der Waals surface area contributed by atoms with Gasteiger partial charge in [0.15, 0.2) is 0 Å². The van der Waals surface area contributed by atoms with Gasteiger partial charge < -0.3 is 9.47 Å². The van der Waals surface area contributed by atoms with Crippen molar-refractivity contribution in [1.29, 1.82) is 0 Å². The maximum Gasteiger partial charge on any atom is 0.306 e. The summed E-state index contributed by atoms with van der Waals surface area (Å²) in [6, 6.07) is 0. The zero-order chi connectivity index (χ0) is 18.0. The van der Waals surface area contributed by atoms with Crippen LogP contribution in [0.5, 0.6) is 0 Å². The lowest BCUT2D eigenvalue weighted by molar-refractivity contribution is -0.147. The first kappa shape index (κ1) is 22.9. The van der Waals surface area contributed by atoms with E-state index < -0.39 is 0 Å². The Labute approximate surface area is 148 Å². The molecule has 0 aliphatic heterocycles. The van der Waals surface area contributed by atoms with Gasteiger partial charge in [-0.1, -0.05) is 58.3 Å². The van der Waals surface area contributed by atoms with Gasteiger partial charge in [-0.3, -0.25) is 9.59 Å². The number of esters is 2. The predicted molar refractivity (Wildman–Crippen MR) is 97.9 cm³/mol. The number of hydrogen-bond acceptors (Lipinski definition) is 4. The molecule has 0 spiro atoms. The van der Waals surface area contributed by atoms with Crippen molar-refractivity contribution in [3.63, 3.8) is 0 Å². The molecular weight excluding hydrogens is 304 g/mol. The number of unbranched alkanes of at least 4 members (excludes halogenated alkanes) is 9. The molecule has 0 N–H and O–H groups in total. The zero-order valence-corrected chi connectivity index (χ0v) is 16.1. The van der Waals surface area contributed by atoms with E-state index in [4.69, 9.17) is 9.47 Å². The summed E-state index contributed by atoms with van der Waals surface area (Å²) in [5, 5.41) is 0. The van der Waals surface area contributed by atoms with Crippen LogP contribution < -0.4 is 0 Å². The highest BCUT2D eigenvalue weighted by Gasteiger charge is 2.06. The lowest BCUT2D eigenvalue weighted by Gasteiger charge is -2.07. The Bertz CT molecular complexity index is 313. The van der Waals surface area contributed by atoms with Gasteiger partial charge in [-0.05, 0) is 33.1 Å². The van der Waals surface area contributed by atoms with Gasteiger partial charge in [-0.2, -0.15) is 0 Å². The smallest absolute Gasteiger partial charge is 0.306 e. The van der Waals surface area contributed by atoms with E-state index >= 15 is 0 Å². The highest BCUT2D eigenvalue weighted by Crippen LogP contribution is 2.09. The number of carbonyl (C=O) groups is 2. The van der Waals surface area contributed by atoms with E-state index in [0.29, 0.717) is 19.4 Å². The van der Waals surface area contributed by atoms with Gasteiger partial charge in [-0.15, -0.1) is 0 Å². The first-order valence-electron chi connectivity index (χ1n) is 9.91. The van der Waals surface area contributed by atoms with Crippen LogP contribution >= 0.6 is 0 Å². The van der Waals surface area contributed by atoms with Crippen molar-refractivity contribution in [2.45, 2.75) is 110 Å². The third-order valence-electron chi connectivity index (χ3n) is 3.89. The van der Waals surface area contributed by atoms with Crippen LogP contribution in [0.4, 0.5) is 0 Å². The second kappa shape index (κ2) is 16.8. The quantitative estimate of drug-likeness (QED) is 0.272.